The van der Waals surface area contributed by atoms with Gasteiger partial charge in [0, 0.05) is 31.7 Å². The van der Waals surface area contributed by atoms with Gasteiger partial charge in [-0.3, -0.25) is 4.79 Å². The van der Waals surface area contributed by atoms with Gasteiger partial charge in [0.25, 0.3) is 0 Å². The maximum Gasteiger partial charge on any atom is 0.417 e. The van der Waals surface area contributed by atoms with Gasteiger partial charge in [-0.1, -0.05) is 0 Å². The summed E-state index contributed by atoms with van der Waals surface area (Å²) in [4.78, 5) is 12.9. The average molecular weight is 311 g/mol. The van der Waals surface area contributed by atoms with Crippen LogP contribution in [0.5, 0.6) is 0 Å². The summed E-state index contributed by atoms with van der Waals surface area (Å²) in [6.07, 6.45) is -3.18. The second kappa shape index (κ2) is 6.26. The molecule has 0 saturated carbocycles. The molecule has 1 fully saturated rings. The lowest BCUT2D eigenvalue weighted by molar-refractivity contribution is -0.137. The van der Waals surface area contributed by atoms with E-state index in [2.05, 4.69) is 5.32 Å². The third kappa shape index (κ3) is 3.70. The van der Waals surface area contributed by atoms with E-state index in [1.54, 1.807) is 6.07 Å². The molecule has 1 heterocycles. The van der Waals surface area contributed by atoms with Gasteiger partial charge in [-0.25, -0.2) is 0 Å². The second-order valence-corrected chi connectivity index (χ2v) is 5.30. The number of halogens is 3. The highest BCUT2D eigenvalue weighted by Gasteiger charge is 2.34. The van der Waals surface area contributed by atoms with Gasteiger partial charge in [-0.2, -0.15) is 18.4 Å². The number of hydrogen-bond donors (Lipinski definition) is 1. The number of nitriles is 1. The lowest BCUT2D eigenvalue weighted by atomic mass is 10.0. The first kappa shape index (κ1) is 16.1. The Labute approximate surface area is 126 Å². The third-order valence-electron chi connectivity index (χ3n) is 3.70. The predicted octanol–water partition coefficient (Wildman–Crippen LogP) is 2.68. The van der Waals surface area contributed by atoms with Gasteiger partial charge in [-0.05, 0) is 31.0 Å². The molecule has 1 aromatic rings. The fraction of sp³-hybridized carbons (Fsp3) is 0.467. The molecule has 1 aromatic carbocycles. The van der Waals surface area contributed by atoms with Gasteiger partial charge >= 0.3 is 6.18 Å². The zero-order valence-corrected chi connectivity index (χ0v) is 12.1. The maximum atomic E-state index is 13.0. The normalized spacial score (nSPS) is 16.2. The standard InChI is InChI=1S/C15H16F3N3O/c1-10(22)20-12-4-6-21(7-5-12)13-3-2-11(9-19)14(8-13)15(16,17)18/h2-3,8,12H,4-7H2,1H3,(H,20,22). The van der Waals surface area contributed by atoms with Crippen LogP contribution in [0.3, 0.4) is 0 Å². The fourth-order valence-corrected chi connectivity index (χ4v) is 2.63. The molecule has 4 nitrogen and oxygen atoms in total. The molecule has 0 bridgehead atoms. The van der Waals surface area contributed by atoms with Gasteiger partial charge < -0.3 is 10.2 Å². The second-order valence-electron chi connectivity index (χ2n) is 5.30. The molecule has 0 unspecified atom stereocenters. The number of nitrogens with zero attached hydrogens (tertiary/aromatic N) is 2. The lowest BCUT2D eigenvalue weighted by Gasteiger charge is -2.34. The number of carbonyl (C=O) groups excluding carboxylic acids is 1. The summed E-state index contributed by atoms with van der Waals surface area (Å²) >= 11 is 0. The van der Waals surface area contributed by atoms with Crippen LogP contribution in [0.4, 0.5) is 18.9 Å². The quantitative estimate of drug-likeness (QED) is 0.913. The fourth-order valence-electron chi connectivity index (χ4n) is 2.63. The SMILES string of the molecule is CC(=O)NC1CCN(c2ccc(C#N)c(C(F)(F)F)c2)CC1. The summed E-state index contributed by atoms with van der Waals surface area (Å²) in [7, 11) is 0. The zero-order valence-electron chi connectivity index (χ0n) is 12.1. The van der Waals surface area contributed by atoms with E-state index in [0.29, 0.717) is 31.6 Å². The molecular formula is C15H16F3N3O. The van der Waals surface area contributed by atoms with Crippen molar-refractivity contribution in [3.63, 3.8) is 0 Å². The number of hydrogen-bond acceptors (Lipinski definition) is 3. The minimum atomic E-state index is -4.55. The summed E-state index contributed by atoms with van der Waals surface area (Å²) in [6, 6.07) is 5.40. The van der Waals surface area contributed by atoms with Crippen LogP contribution in [-0.2, 0) is 11.0 Å². The topological polar surface area (TPSA) is 56.1 Å². The predicted molar refractivity (Wildman–Crippen MR) is 75.2 cm³/mol. The number of amides is 1. The molecule has 118 valence electrons. The Kier molecular flexibility index (Phi) is 4.59. The molecule has 2 rings (SSSR count). The minimum Gasteiger partial charge on any atom is -0.371 e. The van der Waals surface area contributed by atoms with Crippen LogP contribution in [0, 0.1) is 11.3 Å². The van der Waals surface area contributed by atoms with Crippen LogP contribution in [0.2, 0.25) is 0 Å². The molecule has 0 radical (unpaired) electrons. The highest BCUT2D eigenvalue weighted by atomic mass is 19.4. The van der Waals surface area contributed by atoms with E-state index >= 15 is 0 Å². The van der Waals surface area contributed by atoms with Crippen molar-refractivity contribution in [3.8, 4) is 6.07 Å². The first-order chi connectivity index (χ1) is 10.3. The molecule has 1 amide bonds. The van der Waals surface area contributed by atoms with E-state index in [0.717, 1.165) is 6.07 Å². The van der Waals surface area contributed by atoms with E-state index in [1.165, 1.54) is 19.1 Å². The largest absolute Gasteiger partial charge is 0.417 e. The Morgan fingerprint density at radius 3 is 2.50 bits per heavy atom. The Morgan fingerprint density at radius 2 is 2.00 bits per heavy atom. The van der Waals surface area contributed by atoms with Crippen molar-refractivity contribution in [1.82, 2.24) is 5.32 Å². The highest BCUT2D eigenvalue weighted by Crippen LogP contribution is 2.34. The molecule has 1 saturated heterocycles. The van der Waals surface area contributed by atoms with E-state index < -0.39 is 11.7 Å². The van der Waals surface area contributed by atoms with Crippen molar-refractivity contribution in [3.05, 3.63) is 29.3 Å². The van der Waals surface area contributed by atoms with Gasteiger partial charge in [0.05, 0.1) is 17.2 Å². The lowest BCUT2D eigenvalue weighted by Crippen LogP contribution is -2.44. The van der Waals surface area contributed by atoms with E-state index in [4.69, 9.17) is 5.26 Å². The van der Waals surface area contributed by atoms with Gasteiger partial charge in [0.15, 0.2) is 0 Å². The van der Waals surface area contributed by atoms with Crippen LogP contribution < -0.4 is 10.2 Å². The Morgan fingerprint density at radius 1 is 1.36 bits per heavy atom. The number of alkyl halides is 3. The Bertz CT molecular complexity index is 599. The Hall–Kier alpha value is -2.23. The smallest absolute Gasteiger partial charge is 0.371 e. The summed E-state index contributed by atoms with van der Waals surface area (Å²) in [5.41, 5.74) is -0.825. The summed E-state index contributed by atoms with van der Waals surface area (Å²) < 4.78 is 38.9. The third-order valence-corrected chi connectivity index (χ3v) is 3.70. The van der Waals surface area contributed by atoms with Gasteiger partial charge in [0.2, 0.25) is 5.91 Å². The number of benzene rings is 1. The Balaban J connectivity index is 2.15. The van der Waals surface area contributed by atoms with Crippen molar-refractivity contribution >= 4 is 11.6 Å². The van der Waals surface area contributed by atoms with Crippen molar-refractivity contribution in [1.29, 1.82) is 5.26 Å². The molecule has 0 aliphatic carbocycles. The van der Waals surface area contributed by atoms with Crippen LogP contribution >= 0.6 is 0 Å². The molecular weight excluding hydrogens is 295 g/mol. The molecule has 1 N–H and O–H groups in total. The minimum absolute atomic E-state index is 0.0641. The summed E-state index contributed by atoms with van der Waals surface area (Å²) in [5, 5.41) is 11.6. The van der Waals surface area contributed by atoms with E-state index in [1.807, 2.05) is 4.90 Å². The molecule has 0 spiro atoms. The van der Waals surface area contributed by atoms with Crippen LogP contribution in [0.15, 0.2) is 18.2 Å². The van der Waals surface area contributed by atoms with Crippen molar-refractivity contribution in [2.75, 3.05) is 18.0 Å². The number of rotatable bonds is 2. The molecule has 7 heteroatoms. The number of carbonyl (C=O) groups is 1. The van der Waals surface area contributed by atoms with Crippen LogP contribution in [0.1, 0.15) is 30.9 Å². The highest BCUT2D eigenvalue weighted by molar-refractivity contribution is 5.73. The van der Waals surface area contributed by atoms with E-state index in [9.17, 15) is 18.0 Å². The van der Waals surface area contributed by atoms with Gasteiger partial charge in [0.1, 0.15) is 0 Å². The first-order valence-electron chi connectivity index (χ1n) is 6.94. The summed E-state index contributed by atoms with van der Waals surface area (Å²) in [6.45, 7) is 2.57. The molecule has 1 aliphatic rings. The van der Waals surface area contributed by atoms with Crippen LogP contribution in [-0.4, -0.2) is 25.0 Å². The maximum absolute atomic E-state index is 13.0. The van der Waals surface area contributed by atoms with Crippen LogP contribution in [0.25, 0.3) is 0 Å². The molecule has 22 heavy (non-hydrogen) atoms. The first-order valence-corrected chi connectivity index (χ1v) is 6.94. The molecule has 0 atom stereocenters. The van der Waals surface area contributed by atoms with Gasteiger partial charge in [-0.15, -0.1) is 0 Å². The monoisotopic (exact) mass is 311 g/mol. The molecule has 1 aliphatic heterocycles. The number of piperidine rings is 1. The summed E-state index contributed by atoms with van der Waals surface area (Å²) in [5.74, 6) is -0.101. The van der Waals surface area contributed by atoms with E-state index in [-0.39, 0.29) is 17.5 Å². The number of nitrogens with one attached hydrogen (secondary N) is 1. The van der Waals surface area contributed by atoms with Crippen molar-refractivity contribution in [2.45, 2.75) is 32.0 Å². The van der Waals surface area contributed by atoms with Crippen molar-refractivity contribution < 1.29 is 18.0 Å². The van der Waals surface area contributed by atoms with Crippen molar-refractivity contribution in [2.24, 2.45) is 0 Å². The molecule has 0 aromatic heterocycles. The average Bonchev–Trinajstić information content (AvgIpc) is 2.46. The zero-order chi connectivity index (χ0) is 16.3. The number of anilines is 1.